The molecule has 2 aromatic carbocycles. The van der Waals surface area contributed by atoms with E-state index in [1.165, 1.54) is 29.8 Å². The van der Waals surface area contributed by atoms with Crippen molar-refractivity contribution >= 4 is 21.4 Å². The molecule has 3 rings (SSSR count). The average molecular weight is 383 g/mol. The van der Waals surface area contributed by atoms with Crippen molar-refractivity contribution in [3.05, 3.63) is 70.7 Å². The monoisotopic (exact) mass is 383 g/mol. The highest BCUT2D eigenvalue weighted by Gasteiger charge is 2.13. The summed E-state index contributed by atoms with van der Waals surface area (Å²) in [6.45, 7) is 2.30. The predicted octanol–water partition coefficient (Wildman–Crippen LogP) is 3.51. The summed E-state index contributed by atoms with van der Waals surface area (Å²) in [4.78, 5) is 4.72. The van der Waals surface area contributed by atoms with Crippen LogP contribution in [0.1, 0.15) is 16.8 Å². The van der Waals surface area contributed by atoms with Crippen molar-refractivity contribution in [3.8, 4) is 16.6 Å². The van der Waals surface area contributed by atoms with Gasteiger partial charge >= 0.3 is 0 Å². The topological polar surface area (TPSA) is 82.8 Å². The lowest BCUT2D eigenvalue weighted by Gasteiger charge is -2.05. The molecule has 0 saturated carbocycles. The molecule has 5 nitrogen and oxygen atoms in total. The van der Waals surface area contributed by atoms with Gasteiger partial charge in [0.15, 0.2) is 0 Å². The first-order chi connectivity index (χ1) is 12.5. The Morgan fingerprint density at radius 1 is 1.12 bits per heavy atom. The second kappa shape index (κ2) is 7.79. The molecule has 0 unspecified atom stereocenters. The van der Waals surface area contributed by atoms with Crippen LogP contribution in [0.25, 0.3) is 10.6 Å². The van der Waals surface area contributed by atoms with Gasteiger partial charge in [-0.1, -0.05) is 29.8 Å². The minimum absolute atomic E-state index is 0.148. The van der Waals surface area contributed by atoms with Gasteiger partial charge < -0.3 is 0 Å². The fourth-order valence-corrected chi connectivity index (χ4v) is 4.25. The molecule has 1 aromatic heterocycles. The molecule has 0 bridgehead atoms. The number of aryl methyl sites for hydroxylation is 1. The number of thiazole rings is 1. The molecule has 0 radical (unpaired) electrons. The summed E-state index contributed by atoms with van der Waals surface area (Å²) in [5, 5.41) is 11.7. The van der Waals surface area contributed by atoms with Crippen LogP contribution in [-0.4, -0.2) is 19.9 Å². The third-order valence-corrected chi connectivity index (χ3v) is 6.23. The van der Waals surface area contributed by atoms with Gasteiger partial charge in [-0.05, 0) is 31.2 Å². The molecular formula is C19H17N3O2S2. The first-order valence-electron chi connectivity index (χ1n) is 7.99. The zero-order chi connectivity index (χ0) is 18.6. The highest BCUT2D eigenvalue weighted by atomic mass is 32.2. The summed E-state index contributed by atoms with van der Waals surface area (Å²) in [6.07, 6.45) is 0.512. The van der Waals surface area contributed by atoms with Crippen molar-refractivity contribution in [2.75, 3.05) is 6.54 Å². The Morgan fingerprint density at radius 3 is 2.46 bits per heavy atom. The molecule has 0 saturated heterocycles. The third kappa shape index (κ3) is 4.35. The first-order valence-corrected chi connectivity index (χ1v) is 10.4. The van der Waals surface area contributed by atoms with Gasteiger partial charge in [0, 0.05) is 23.9 Å². The van der Waals surface area contributed by atoms with E-state index in [1.54, 1.807) is 11.3 Å². The van der Waals surface area contributed by atoms with Gasteiger partial charge in [-0.15, -0.1) is 11.3 Å². The number of sulfonamides is 1. The Balaban J connectivity index is 1.61. The molecule has 0 aliphatic carbocycles. The van der Waals surface area contributed by atoms with Crippen molar-refractivity contribution < 1.29 is 8.42 Å². The van der Waals surface area contributed by atoms with Crippen molar-refractivity contribution in [1.29, 1.82) is 5.26 Å². The minimum atomic E-state index is -3.59. The van der Waals surface area contributed by atoms with E-state index < -0.39 is 10.0 Å². The van der Waals surface area contributed by atoms with Gasteiger partial charge in [-0.2, -0.15) is 5.26 Å². The summed E-state index contributed by atoms with van der Waals surface area (Å²) in [7, 11) is -3.59. The van der Waals surface area contributed by atoms with Crippen LogP contribution in [0.2, 0.25) is 0 Å². The van der Waals surface area contributed by atoms with Gasteiger partial charge in [0.1, 0.15) is 5.01 Å². The van der Waals surface area contributed by atoms with E-state index in [9.17, 15) is 8.42 Å². The van der Waals surface area contributed by atoms with Crippen molar-refractivity contribution in [3.63, 3.8) is 0 Å². The predicted molar refractivity (Wildman–Crippen MR) is 102 cm³/mol. The molecule has 26 heavy (non-hydrogen) atoms. The lowest BCUT2D eigenvalue weighted by atomic mass is 10.2. The van der Waals surface area contributed by atoms with Gasteiger partial charge in [-0.3, -0.25) is 0 Å². The Labute approximate surface area is 157 Å². The number of nitrogens with one attached hydrogen (secondary N) is 1. The minimum Gasteiger partial charge on any atom is -0.241 e. The number of benzene rings is 2. The number of hydrogen-bond acceptors (Lipinski definition) is 5. The van der Waals surface area contributed by atoms with E-state index in [-0.39, 0.29) is 11.4 Å². The summed E-state index contributed by atoms with van der Waals surface area (Å²) in [6, 6.07) is 16.0. The molecule has 0 atom stereocenters. The first kappa shape index (κ1) is 18.3. The molecule has 3 aromatic rings. The third-order valence-electron chi connectivity index (χ3n) is 3.82. The molecule has 0 aliphatic rings. The lowest BCUT2D eigenvalue weighted by Crippen LogP contribution is -2.26. The highest BCUT2D eigenvalue weighted by molar-refractivity contribution is 7.89. The van der Waals surface area contributed by atoms with Crippen LogP contribution in [0.4, 0.5) is 0 Å². The molecule has 1 heterocycles. The molecule has 0 amide bonds. The van der Waals surface area contributed by atoms with Crippen molar-refractivity contribution in [1.82, 2.24) is 9.71 Å². The van der Waals surface area contributed by atoms with Gasteiger partial charge in [0.25, 0.3) is 0 Å². The smallest absolute Gasteiger partial charge is 0.240 e. The van der Waals surface area contributed by atoms with E-state index in [0.717, 1.165) is 16.3 Å². The van der Waals surface area contributed by atoms with Crippen molar-refractivity contribution in [2.24, 2.45) is 0 Å². The molecule has 0 aliphatic heterocycles. The van der Waals surface area contributed by atoms with Gasteiger partial charge in [0.2, 0.25) is 10.0 Å². The van der Waals surface area contributed by atoms with Crippen LogP contribution < -0.4 is 4.72 Å². The molecular weight excluding hydrogens is 366 g/mol. The summed E-state index contributed by atoms with van der Waals surface area (Å²) in [5.41, 5.74) is 3.54. The van der Waals surface area contributed by atoms with Crippen molar-refractivity contribution in [2.45, 2.75) is 18.2 Å². The van der Waals surface area contributed by atoms with Gasteiger partial charge in [0.05, 0.1) is 22.2 Å². The summed E-state index contributed by atoms with van der Waals surface area (Å²) < 4.78 is 27.1. The normalized spacial score (nSPS) is 11.2. The number of rotatable bonds is 6. The fourth-order valence-electron chi connectivity index (χ4n) is 2.36. The lowest BCUT2D eigenvalue weighted by molar-refractivity contribution is 0.581. The number of nitrogens with zero attached hydrogens (tertiary/aromatic N) is 2. The zero-order valence-electron chi connectivity index (χ0n) is 14.1. The van der Waals surface area contributed by atoms with Crippen LogP contribution in [0.3, 0.4) is 0 Å². The van der Waals surface area contributed by atoms with Gasteiger partial charge in [-0.25, -0.2) is 18.1 Å². The zero-order valence-corrected chi connectivity index (χ0v) is 15.8. The Morgan fingerprint density at radius 2 is 1.81 bits per heavy atom. The second-order valence-electron chi connectivity index (χ2n) is 5.79. The Bertz CT molecular complexity index is 1030. The molecule has 1 N–H and O–H groups in total. The van der Waals surface area contributed by atoms with Crippen LogP contribution in [0, 0.1) is 18.3 Å². The van der Waals surface area contributed by atoms with Crippen LogP contribution in [-0.2, 0) is 16.4 Å². The van der Waals surface area contributed by atoms with E-state index in [4.69, 9.17) is 5.26 Å². The van der Waals surface area contributed by atoms with Crippen LogP contribution in [0.5, 0.6) is 0 Å². The quantitative estimate of drug-likeness (QED) is 0.706. The maximum absolute atomic E-state index is 12.3. The molecule has 7 heteroatoms. The second-order valence-corrected chi connectivity index (χ2v) is 8.42. The van der Waals surface area contributed by atoms with E-state index in [0.29, 0.717) is 12.0 Å². The number of nitriles is 1. The summed E-state index contributed by atoms with van der Waals surface area (Å²) in [5.74, 6) is 0. The highest BCUT2D eigenvalue weighted by Crippen LogP contribution is 2.24. The SMILES string of the molecule is Cc1ccc(-c2nc(CCNS(=O)(=O)c3ccc(C#N)cc3)cs2)cc1. The average Bonchev–Trinajstić information content (AvgIpc) is 3.11. The number of aromatic nitrogens is 1. The molecule has 132 valence electrons. The van der Waals surface area contributed by atoms with E-state index in [2.05, 4.69) is 9.71 Å². The molecule has 0 spiro atoms. The Kier molecular flexibility index (Phi) is 5.47. The largest absolute Gasteiger partial charge is 0.241 e. The van der Waals surface area contributed by atoms with Crippen LogP contribution in [0.15, 0.2) is 58.8 Å². The Hall–Kier alpha value is -2.53. The molecule has 0 fully saturated rings. The van der Waals surface area contributed by atoms with E-state index in [1.807, 2.05) is 42.6 Å². The maximum atomic E-state index is 12.3. The maximum Gasteiger partial charge on any atom is 0.240 e. The fraction of sp³-hybridized carbons (Fsp3) is 0.158. The standard InChI is InChI=1S/C19H17N3O2S2/c1-14-2-6-16(7-3-14)19-22-17(13-25-19)10-11-21-26(23,24)18-8-4-15(12-20)5-9-18/h2-9,13,21H,10-11H2,1H3. The van der Waals surface area contributed by atoms with Crippen LogP contribution >= 0.6 is 11.3 Å². The summed E-state index contributed by atoms with van der Waals surface area (Å²) >= 11 is 1.55. The number of hydrogen-bond donors (Lipinski definition) is 1. The van der Waals surface area contributed by atoms with E-state index >= 15 is 0 Å².